The molecule has 0 amide bonds. The van der Waals surface area contributed by atoms with Gasteiger partial charge in [0.05, 0.1) is 0 Å². The number of nitrogens with one attached hydrogen (secondary N) is 1. The molecule has 0 unspecified atom stereocenters. The summed E-state index contributed by atoms with van der Waals surface area (Å²) in [5, 5.41) is 3.17. The normalized spacial score (nSPS) is 15.6. The summed E-state index contributed by atoms with van der Waals surface area (Å²) < 4.78 is 36.1. The first kappa shape index (κ1) is 14.0. The SMILES string of the molecule is C[C@H](CCC(F)(F)F)N[C@H](C)c1ccccc1. The van der Waals surface area contributed by atoms with Crippen LogP contribution in [0.4, 0.5) is 13.2 Å². The molecule has 4 heteroatoms. The molecule has 0 radical (unpaired) electrons. The zero-order chi connectivity index (χ0) is 12.9. The van der Waals surface area contributed by atoms with Crippen molar-refractivity contribution in [2.24, 2.45) is 0 Å². The van der Waals surface area contributed by atoms with Crippen molar-refractivity contribution in [2.75, 3.05) is 0 Å². The molecule has 96 valence electrons. The molecule has 17 heavy (non-hydrogen) atoms. The van der Waals surface area contributed by atoms with Gasteiger partial charge in [-0.1, -0.05) is 30.3 Å². The lowest BCUT2D eigenvalue weighted by atomic mass is 10.1. The molecular weight excluding hydrogens is 227 g/mol. The van der Waals surface area contributed by atoms with E-state index in [1.54, 1.807) is 6.92 Å². The predicted molar refractivity (Wildman–Crippen MR) is 62.7 cm³/mol. The number of benzene rings is 1. The van der Waals surface area contributed by atoms with E-state index < -0.39 is 12.6 Å². The highest BCUT2D eigenvalue weighted by molar-refractivity contribution is 5.18. The molecule has 1 N–H and O–H groups in total. The number of alkyl halides is 3. The molecule has 2 atom stereocenters. The first-order chi connectivity index (χ1) is 7.88. The maximum atomic E-state index is 12.0. The largest absolute Gasteiger partial charge is 0.389 e. The van der Waals surface area contributed by atoms with Crippen molar-refractivity contribution in [2.45, 2.75) is 44.9 Å². The van der Waals surface area contributed by atoms with Crippen LogP contribution >= 0.6 is 0 Å². The highest BCUT2D eigenvalue weighted by atomic mass is 19.4. The zero-order valence-electron chi connectivity index (χ0n) is 10.1. The smallest absolute Gasteiger partial charge is 0.308 e. The standard InChI is InChI=1S/C13H18F3N/c1-10(8-9-13(14,15)16)17-11(2)12-6-4-3-5-7-12/h3-7,10-11,17H,8-9H2,1-2H3/t10-,11-/m1/s1. The lowest BCUT2D eigenvalue weighted by molar-refractivity contribution is -0.136. The molecule has 0 aromatic heterocycles. The van der Waals surface area contributed by atoms with Crippen molar-refractivity contribution in [1.82, 2.24) is 5.32 Å². The monoisotopic (exact) mass is 245 g/mol. The molecule has 0 aliphatic carbocycles. The molecule has 0 heterocycles. The maximum Gasteiger partial charge on any atom is 0.389 e. The fraction of sp³-hybridized carbons (Fsp3) is 0.538. The minimum absolute atomic E-state index is 0.0689. The molecule has 1 aromatic rings. The van der Waals surface area contributed by atoms with Gasteiger partial charge in [0.1, 0.15) is 0 Å². The highest BCUT2D eigenvalue weighted by Gasteiger charge is 2.27. The predicted octanol–water partition coefficient (Wildman–Crippen LogP) is 4.07. The summed E-state index contributed by atoms with van der Waals surface area (Å²) in [7, 11) is 0. The van der Waals surface area contributed by atoms with E-state index in [9.17, 15) is 13.2 Å². The first-order valence-corrected chi connectivity index (χ1v) is 5.76. The van der Waals surface area contributed by atoms with E-state index in [1.165, 1.54) is 0 Å². The van der Waals surface area contributed by atoms with Gasteiger partial charge in [0, 0.05) is 18.5 Å². The van der Waals surface area contributed by atoms with Crippen LogP contribution in [0.1, 0.15) is 38.3 Å². The fourth-order valence-electron chi connectivity index (χ4n) is 1.73. The fourth-order valence-corrected chi connectivity index (χ4v) is 1.73. The van der Waals surface area contributed by atoms with E-state index in [0.29, 0.717) is 0 Å². The number of hydrogen-bond acceptors (Lipinski definition) is 1. The van der Waals surface area contributed by atoms with Crippen molar-refractivity contribution in [1.29, 1.82) is 0 Å². The maximum absolute atomic E-state index is 12.0. The Hall–Kier alpha value is -1.03. The van der Waals surface area contributed by atoms with Gasteiger partial charge in [-0.25, -0.2) is 0 Å². The summed E-state index contributed by atoms with van der Waals surface area (Å²) >= 11 is 0. The quantitative estimate of drug-likeness (QED) is 0.824. The number of rotatable bonds is 5. The number of halogens is 3. The Morgan fingerprint density at radius 3 is 2.24 bits per heavy atom. The van der Waals surface area contributed by atoms with Gasteiger partial charge in [-0.3, -0.25) is 0 Å². The summed E-state index contributed by atoms with van der Waals surface area (Å²) in [6.45, 7) is 3.74. The molecule has 1 nitrogen and oxygen atoms in total. The molecule has 0 bridgehead atoms. The Bertz CT molecular complexity index is 321. The van der Waals surface area contributed by atoms with Crippen LogP contribution in [0.2, 0.25) is 0 Å². The van der Waals surface area contributed by atoms with Crippen molar-refractivity contribution >= 4 is 0 Å². The molecule has 0 aliphatic rings. The molecule has 0 fully saturated rings. The van der Waals surface area contributed by atoms with Gasteiger partial charge in [-0.2, -0.15) is 13.2 Å². The Balaban J connectivity index is 2.39. The van der Waals surface area contributed by atoms with Crippen LogP contribution < -0.4 is 5.32 Å². The summed E-state index contributed by atoms with van der Waals surface area (Å²) in [6.07, 6.45) is -4.69. The second kappa shape index (κ2) is 6.05. The summed E-state index contributed by atoms with van der Waals surface area (Å²) in [5.74, 6) is 0. The van der Waals surface area contributed by atoms with Gasteiger partial charge in [-0.05, 0) is 25.8 Å². The molecule has 0 saturated carbocycles. The third-order valence-electron chi connectivity index (χ3n) is 2.69. The van der Waals surface area contributed by atoms with Crippen LogP contribution in [0.25, 0.3) is 0 Å². The second-order valence-corrected chi connectivity index (χ2v) is 4.35. The van der Waals surface area contributed by atoms with E-state index in [1.807, 2.05) is 37.3 Å². The van der Waals surface area contributed by atoms with Gasteiger partial charge < -0.3 is 5.32 Å². The Morgan fingerprint density at radius 2 is 1.71 bits per heavy atom. The first-order valence-electron chi connectivity index (χ1n) is 5.76. The molecule has 1 aromatic carbocycles. The average molecular weight is 245 g/mol. The Labute approximate surface area is 100 Å². The third kappa shape index (κ3) is 5.73. The van der Waals surface area contributed by atoms with Crippen LogP contribution in [-0.2, 0) is 0 Å². The highest BCUT2D eigenvalue weighted by Crippen LogP contribution is 2.23. The van der Waals surface area contributed by atoms with Crippen molar-refractivity contribution in [3.63, 3.8) is 0 Å². The van der Waals surface area contributed by atoms with Crippen molar-refractivity contribution in [3.8, 4) is 0 Å². The van der Waals surface area contributed by atoms with Crippen molar-refractivity contribution < 1.29 is 13.2 Å². The summed E-state index contributed by atoms with van der Waals surface area (Å²) in [4.78, 5) is 0. The van der Waals surface area contributed by atoms with Crippen LogP contribution in [-0.4, -0.2) is 12.2 Å². The Morgan fingerprint density at radius 1 is 1.12 bits per heavy atom. The van der Waals surface area contributed by atoms with Crippen LogP contribution in [0.5, 0.6) is 0 Å². The molecular formula is C13H18F3N. The summed E-state index contributed by atoms with van der Waals surface area (Å²) in [6, 6.07) is 9.62. The van der Waals surface area contributed by atoms with Crippen molar-refractivity contribution in [3.05, 3.63) is 35.9 Å². The van der Waals surface area contributed by atoms with Gasteiger partial charge in [-0.15, -0.1) is 0 Å². The summed E-state index contributed by atoms with van der Waals surface area (Å²) in [5.41, 5.74) is 1.09. The van der Waals surface area contributed by atoms with Crippen LogP contribution in [0.3, 0.4) is 0 Å². The van der Waals surface area contributed by atoms with Gasteiger partial charge in [0.25, 0.3) is 0 Å². The second-order valence-electron chi connectivity index (χ2n) is 4.35. The molecule has 0 saturated heterocycles. The van der Waals surface area contributed by atoms with E-state index in [4.69, 9.17) is 0 Å². The van der Waals surface area contributed by atoms with E-state index in [2.05, 4.69) is 5.32 Å². The third-order valence-corrected chi connectivity index (χ3v) is 2.69. The van der Waals surface area contributed by atoms with Gasteiger partial charge in [0.15, 0.2) is 0 Å². The molecule has 0 aliphatic heterocycles. The zero-order valence-corrected chi connectivity index (χ0v) is 10.1. The van der Waals surface area contributed by atoms with E-state index in [-0.39, 0.29) is 18.5 Å². The minimum atomic E-state index is -4.06. The Kier molecular flexibility index (Phi) is 5.00. The van der Waals surface area contributed by atoms with Crippen LogP contribution in [0.15, 0.2) is 30.3 Å². The lowest BCUT2D eigenvalue weighted by Gasteiger charge is -2.20. The molecule has 1 rings (SSSR count). The van der Waals surface area contributed by atoms with Gasteiger partial charge in [0.2, 0.25) is 0 Å². The van der Waals surface area contributed by atoms with E-state index >= 15 is 0 Å². The van der Waals surface area contributed by atoms with Crippen LogP contribution in [0, 0.1) is 0 Å². The average Bonchev–Trinajstić information content (AvgIpc) is 2.27. The lowest BCUT2D eigenvalue weighted by Crippen LogP contribution is -2.30. The van der Waals surface area contributed by atoms with E-state index in [0.717, 1.165) is 5.56 Å². The van der Waals surface area contributed by atoms with Gasteiger partial charge >= 0.3 is 6.18 Å². The topological polar surface area (TPSA) is 12.0 Å². The minimum Gasteiger partial charge on any atom is -0.308 e. The molecule has 0 spiro atoms. The number of hydrogen-bond donors (Lipinski definition) is 1.